The number of carbonyl (C=O) groups excluding carboxylic acids is 1. The number of fused-ring (bicyclic) bond motifs is 1. The van der Waals surface area contributed by atoms with Crippen molar-refractivity contribution >= 4 is 28.9 Å². The fourth-order valence-corrected chi connectivity index (χ4v) is 3.85. The first kappa shape index (κ1) is 18.0. The average Bonchev–Trinajstić information content (AvgIpc) is 2.59. The molecule has 0 spiro atoms. The summed E-state index contributed by atoms with van der Waals surface area (Å²) in [6, 6.07) is 7.93. The first-order chi connectivity index (χ1) is 11.9. The van der Waals surface area contributed by atoms with Gasteiger partial charge in [-0.05, 0) is 51.7 Å². The van der Waals surface area contributed by atoms with Crippen molar-refractivity contribution in [2.75, 3.05) is 18.8 Å². The fourth-order valence-electron chi connectivity index (χ4n) is 2.82. The highest BCUT2D eigenvalue weighted by molar-refractivity contribution is 7.99. The maximum absolute atomic E-state index is 12.1. The molecule has 3 rings (SSSR count). The first-order valence-electron chi connectivity index (χ1n) is 8.73. The third kappa shape index (κ3) is 5.08. The van der Waals surface area contributed by atoms with Gasteiger partial charge in [-0.1, -0.05) is 12.1 Å². The predicted molar refractivity (Wildman–Crippen MR) is 101 cm³/mol. The molecular formula is C19H25N3O2S. The second-order valence-electron chi connectivity index (χ2n) is 7.42. The maximum atomic E-state index is 12.1. The number of benzene rings is 1. The highest BCUT2D eigenvalue weighted by atomic mass is 32.2. The molecule has 1 aromatic heterocycles. The van der Waals surface area contributed by atoms with Crippen LogP contribution in [0.15, 0.2) is 35.5 Å². The van der Waals surface area contributed by atoms with Gasteiger partial charge in [-0.25, -0.2) is 9.78 Å². The minimum atomic E-state index is -0.432. The molecule has 25 heavy (non-hydrogen) atoms. The van der Waals surface area contributed by atoms with Crippen molar-refractivity contribution in [3.8, 4) is 0 Å². The highest BCUT2D eigenvalue weighted by Crippen LogP contribution is 2.26. The number of amides is 1. The highest BCUT2D eigenvalue weighted by Gasteiger charge is 2.26. The summed E-state index contributed by atoms with van der Waals surface area (Å²) in [5.74, 6) is 1.60. The van der Waals surface area contributed by atoms with Crippen LogP contribution in [0.3, 0.4) is 0 Å². The number of carbonyl (C=O) groups is 1. The van der Waals surface area contributed by atoms with Crippen molar-refractivity contribution in [3.63, 3.8) is 0 Å². The molecule has 0 aliphatic carbocycles. The third-order valence-corrected chi connectivity index (χ3v) is 5.29. The summed E-state index contributed by atoms with van der Waals surface area (Å²) in [5, 5.41) is 0.966. The molecule has 0 bridgehead atoms. The zero-order valence-corrected chi connectivity index (χ0v) is 15.9. The van der Waals surface area contributed by atoms with E-state index in [-0.39, 0.29) is 6.09 Å². The van der Waals surface area contributed by atoms with E-state index in [0.717, 1.165) is 47.7 Å². The molecule has 6 heteroatoms. The van der Waals surface area contributed by atoms with E-state index in [0.29, 0.717) is 5.92 Å². The summed E-state index contributed by atoms with van der Waals surface area (Å²) in [6.07, 6.45) is 3.67. The summed E-state index contributed by atoms with van der Waals surface area (Å²) in [7, 11) is 0. The zero-order valence-electron chi connectivity index (χ0n) is 15.1. The molecule has 2 heterocycles. The summed E-state index contributed by atoms with van der Waals surface area (Å²) in [4.78, 5) is 23.0. The molecule has 0 saturated carbocycles. The Bertz CT molecular complexity index is 737. The van der Waals surface area contributed by atoms with Crippen molar-refractivity contribution < 1.29 is 9.53 Å². The van der Waals surface area contributed by atoms with Gasteiger partial charge in [0.15, 0.2) is 0 Å². The van der Waals surface area contributed by atoms with Gasteiger partial charge < -0.3 is 9.64 Å². The number of aromatic nitrogens is 2. The summed E-state index contributed by atoms with van der Waals surface area (Å²) in [5.41, 5.74) is 1.43. The summed E-state index contributed by atoms with van der Waals surface area (Å²) < 4.78 is 5.45. The average molecular weight is 359 g/mol. The number of ether oxygens (including phenoxy) is 1. The number of rotatable bonds is 3. The molecule has 134 valence electrons. The van der Waals surface area contributed by atoms with E-state index in [9.17, 15) is 4.79 Å². The van der Waals surface area contributed by atoms with Crippen LogP contribution >= 0.6 is 11.8 Å². The van der Waals surface area contributed by atoms with Crippen molar-refractivity contribution in [2.45, 2.75) is 44.2 Å². The number of thioether (sulfide) groups is 1. The normalized spacial score (nSPS) is 16.2. The molecule has 1 aliphatic rings. The monoisotopic (exact) mass is 359 g/mol. The number of nitrogens with zero attached hydrogens (tertiary/aromatic N) is 3. The zero-order chi connectivity index (χ0) is 17.9. The summed E-state index contributed by atoms with van der Waals surface area (Å²) >= 11 is 1.75. The molecule has 2 aromatic rings. The molecule has 0 N–H and O–H groups in total. The van der Waals surface area contributed by atoms with E-state index >= 15 is 0 Å². The number of hydrogen-bond donors (Lipinski definition) is 0. The van der Waals surface area contributed by atoms with Gasteiger partial charge in [0.25, 0.3) is 0 Å². The van der Waals surface area contributed by atoms with Crippen LogP contribution in [0.5, 0.6) is 0 Å². The molecule has 0 radical (unpaired) electrons. The van der Waals surface area contributed by atoms with Gasteiger partial charge in [-0.3, -0.25) is 4.98 Å². The predicted octanol–water partition coefficient (Wildman–Crippen LogP) is 4.37. The van der Waals surface area contributed by atoms with Crippen molar-refractivity contribution in [1.29, 1.82) is 0 Å². The van der Waals surface area contributed by atoms with Gasteiger partial charge >= 0.3 is 6.09 Å². The Hall–Kier alpha value is -1.82. The fraction of sp³-hybridized carbons (Fsp3) is 0.526. The minimum Gasteiger partial charge on any atom is -0.444 e. The van der Waals surface area contributed by atoms with Crippen LogP contribution in [0.2, 0.25) is 0 Å². The van der Waals surface area contributed by atoms with Crippen molar-refractivity contribution in [1.82, 2.24) is 14.9 Å². The van der Waals surface area contributed by atoms with E-state index in [4.69, 9.17) is 4.74 Å². The standard InChI is InChI=1S/C19H25N3O2S/c1-19(2,3)24-18(23)22-10-8-14(9-11-22)13-25-17-12-20-15-6-4-5-7-16(15)21-17/h4-7,12,14H,8-11,13H2,1-3H3. The van der Waals surface area contributed by atoms with Crippen molar-refractivity contribution in [2.24, 2.45) is 5.92 Å². The second-order valence-corrected chi connectivity index (χ2v) is 8.46. The molecule has 0 unspecified atom stereocenters. The molecule has 1 fully saturated rings. The van der Waals surface area contributed by atoms with E-state index in [1.54, 1.807) is 11.8 Å². The Kier molecular flexibility index (Phi) is 5.47. The van der Waals surface area contributed by atoms with E-state index < -0.39 is 5.60 Å². The topological polar surface area (TPSA) is 55.3 Å². The second kappa shape index (κ2) is 7.60. The third-order valence-electron chi connectivity index (χ3n) is 4.16. The lowest BCUT2D eigenvalue weighted by Gasteiger charge is -2.33. The Labute approximate surface area is 153 Å². The van der Waals surface area contributed by atoms with Crippen LogP contribution in [0, 0.1) is 5.92 Å². The van der Waals surface area contributed by atoms with E-state index in [1.165, 1.54) is 0 Å². The van der Waals surface area contributed by atoms with Crippen LogP contribution in [0.25, 0.3) is 11.0 Å². The van der Waals surface area contributed by atoms with Crippen molar-refractivity contribution in [3.05, 3.63) is 30.5 Å². The molecular weight excluding hydrogens is 334 g/mol. The van der Waals surface area contributed by atoms with Crippen LogP contribution in [0.1, 0.15) is 33.6 Å². The molecule has 1 aliphatic heterocycles. The Morgan fingerprint density at radius 3 is 2.60 bits per heavy atom. The Morgan fingerprint density at radius 1 is 1.24 bits per heavy atom. The molecule has 5 nitrogen and oxygen atoms in total. The molecule has 1 saturated heterocycles. The minimum absolute atomic E-state index is 0.195. The van der Waals surface area contributed by atoms with Crippen LogP contribution in [-0.2, 0) is 4.74 Å². The van der Waals surface area contributed by atoms with Gasteiger partial charge in [0.05, 0.1) is 17.2 Å². The lowest BCUT2D eigenvalue weighted by molar-refractivity contribution is 0.0191. The SMILES string of the molecule is CC(C)(C)OC(=O)N1CCC(CSc2cnc3ccccc3n2)CC1. The molecule has 0 atom stereocenters. The Morgan fingerprint density at radius 2 is 1.92 bits per heavy atom. The molecule has 1 aromatic carbocycles. The van der Waals surface area contributed by atoms with Gasteiger partial charge in [-0.2, -0.15) is 0 Å². The number of hydrogen-bond acceptors (Lipinski definition) is 5. The largest absolute Gasteiger partial charge is 0.444 e. The van der Waals surface area contributed by atoms with Gasteiger partial charge in [0.1, 0.15) is 10.6 Å². The van der Waals surface area contributed by atoms with Crippen LogP contribution in [0.4, 0.5) is 4.79 Å². The van der Waals surface area contributed by atoms with Gasteiger partial charge in [-0.15, -0.1) is 11.8 Å². The number of piperidine rings is 1. The van der Waals surface area contributed by atoms with Gasteiger partial charge in [0, 0.05) is 18.8 Å². The van der Waals surface area contributed by atoms with Crippen LogP contribution in [-0.4, -0.2) is 45.4 Å². The smallest absolute Gasteiger partial charge is 0.410 e. The quantitative estimate of drug-likeness (QED) is 0.762. The summed E-state index contributed by atoms with van der Waals surface area (Å²) in [6.45, 7) is 7.24. The lowest BCUT2D eigenvalue weighted by atomic mass is 9.99. The van der Waals surface area contributed by atoms with Crippen LogP contribution < -0.4 is 0 Å². The Balaban J connectivity index is 1.48. The maximum Gasteiger partial charge on any atom is 0.410 e. The van der Waals surface area contributed by atoms with E-state index in [1.807, 2.05) is 56.1 Å². The number of para-hydroxylation sites is 2. The van der Waals surface area contributed by atoms with Gasteiger partial charge in [0.2, 0.25) is 0 Å². The first-order valence-corrected chi connectivity index (χ1v) is 9.72. The van der Waals surface area contributed by atoms with E-state index in [2.05, 4.69) is 9.97 Å². The molecule has 1 amide bonds. The lowest BCUT2D eigenvalue weighted by Crippen LogP contribution is -2.42. The number of likely N-dealkylation sites (tertiary alicyclic amines) is 1.